The molecule has 21 heavy (non-hydrogen) atoms. The second-order valence-corrected chi connectivity index (χ2v) is 6.42. The maximum atomic E-state index is 13.8. The van der Waals surface area contributed by atoms with E-state index in [-0.39, 0.29) is 4.90 Å². The predicted octanol–water partition coefficient (Wildman–Crippen LogP) is 5.27. The van der Waals surface area contributed by atoms with Gasteiger partial charge >= 0.3 is 0 Å². The maximum absolute atomic E-state index is 13.8. The lowest BCUT2D eigenvalue weighted by Crippen LogP contribution is -2.22. The normalized spacial score (nSPS) is 11.1. The molecule has 0 bridgehead atoms. The fraction of sp³-hybridized carbons (Fsp3) is 0.250. The fourth-order valence-electron chi connectivity index (χ4n) is 1.79. The molecule has 0 aromatic heterocycles. The minimum Gasteiger partial charge on any atom is -0.310 e. The predicted molar refractivity (Wildman–Crippen MR) is 83.9 cm³/mol. The van der Waals surface area contributed by atoms with Crippen LogP contribution in [0.15, 0.2) is 46.2 Å². The number of hydrogen-bond donors (Lipinski definition) is 1. The van der Waals surface area contributed by atoms with Gasteiger partial charge in [0.15, 0.2) is 0 Å². The number of hydrogen-bond acceptors (Lipinski definition) is 2. The maximum Gasteiger partial charge on any atom is 0.137 e. The summed E-state index contributed by atoms with van der Waals surface area (Å²) in [6.07, 6.45) is 0. The Morgan fingerprint density at radius 2 is 1.90 bits per heavy atom. The summed E-state index contributed by atoms with van der Waals surface area (Å²) in [7, 11) is 0. The Hall–Kier alpha value is -1.10. The van der Waals surface area contributed by atoms with Gasteiger partial charge in [-0.1, -0.05) is 43.3 Å². The molecule has 0 radical (unpaired) electrons. The number of benzene rings is 2. The molecule has 1 N–H and O–H groups in total. The second kappa shape index (κ2) is 7.25. The Morgan fingerprint density at radius 3 is 2.62 bits per heavy atom. The first kappa shape index (κ1) is 16.3. The van der Waals surface area contributed by atoms with Gasteiger partial charge in [-0.2, -0.15) is 0 Å². The van der Waals surface area contributed by atoms with Gasteiger partial charge in [0, 0.05) is 22.5 Å². The van der Waals surface area contributed by atoms with Gasteiger partial charge in [0.2, 0.25) is 0 Å². The van der Waals surface area contributed by atoms with Crippen molar-refractivity contribution in [3.05, 3.63) is 58.6 Å². The van der Waals surface area contributed by atoms with Crippen LogP contribution >= 0.6 is 23.4 Å². The van der Waals surface area contributed by atoms with Gasteiger partial charge in [-0.15, -0.1) is 0 Å². The standard InChI is InChI=1S/C16H16ClF2NS/c1-10(2)20-9-12-13(17)4-3-5-15(12)21-16-8-11(18)6-7-14(16)19/h3-8,10,20H,9H2,1-2H3. The van der Waals surface area contributed by atoms with Gasteiger partial charge in [-0.25, -0.2) is 8.78 Å². The smallest absolute Gasteiger partial charge is 0.137 e. The highest BCUT2D eigenvalue weighted by Crippen LogP contribution is 2.35. The van der Waals surface area contributed by atoms with E-state index in [9.17, 15) is 8.78 Å². The summed E-state index contributed by atoms with van der Waals surface area (Å²) in [6.45, 7) is 4.66. The van der Waals surface area contributed by atoms with Crippen LogP contribution in [-0.2, 0) is 6.54 Å². The average Bonchev–Trinajstić information content (AvgIpc) is 2.42. The van der Waals surface area contributed by atoms with Crippen molar-refractivity contribution in [2.24, 2.45) is 0 Å². The molecule has 0 fully saturated rings. The van der Waals surface area contributed by atoms with Crippen LogP contribution in [0, 0.1) is 11.6 Å². The Balaban J connectivity index is 2.31. The first-order chi connectivity index (χ1) is 9.97. The van der Waals surface area contributed by atoms with Gasteiger partial charge in [0.1, 0.15) is 11.6 Å². The topological polar surface area (TPSA) is 12.0 Å². The van der Waals surface area contributed by atoms with Crippen LogP contribution in [0.25, 0.3) is 0 Å². The first-order valence-corrected chi connectivity index (χ1v) is 7.80. The summed E-state index contributed by atoms with van der Waals surface area (Å²) >= 11 is 7.41. The van der Waals surface area contributed by atoms with Crippen LogP contribution in [0.4, 0.5) is 8.78 Å². The Labute approximate surface area is 132 Å². The van der Waals surface area contributed by atoms with E-state index < -0.39 is 11.6 Å². The van der Waals surface area contributed by atoms with Crippen molar-refractivity contribution in [1.29, 1.82) is 0 Å². The molecule has 2 rings (SSSR count). The Bertz CT molecular complexity index is 632. The lowest BCUT2D eigenvalue weighted by atomic mass is 10.2. The monoisotopic (exact) mass is 327 g/mol. The summed E-state index contributed by atoms with van der Waals surface area (Å²) in [5, 5.41) is 3.90. The van der Waals surface area contributed by atoms with Gasteiger partial charge in [0.25, 0.3) is 0 Å². The summed E-state index contributed by atoms with van der Waals surface area (Å²) in [4.78, 5) is 1.07. The molecule has 0 atom stereocenters. The number of nitrogens with one attached hydrogen (secondary N) is 1. The van der Waals surface area contributed by atoms with Crippen molar-refractivity contribution in [1.82, 2.24) is 5.32 Å². The molecule has 0 saturated carbocycles. The SMILES string of the molecule is CC(C)NCc1c(Cl)cccc1Sc1cc(F)ccc1F. The zero-order valence-corrected chi connectivity index (χ0v) is 13.4. The Kier molecular flexibility index (Phi) is 5.62. The third-order valence-electron chi connectivity index (χ3n) is 2.88. The molecular formula is C16H16ClF2NS. The molecule has 2 aromatic rings. The zero-order chi connectivity index (χ0) is 15.4. The first-order valence-electron chi connectivity index (χ1n) is 6.61. The highest BCUT2D eigenvalue weighted by atomic mass is 35.5. The van der Waals surface area contributed by atoms with Crippen LogP contribution in [-0.4, -0.2) is 6.04 Å². The summed E-state index contributed by atoms with van der Waals surface area (Å²) in [6, 6.07) is 9.21. The van der Waals surface area contributed by atoms with Crippen molar-refractivity contribution in [3.8, 4) is 0 Å². The Morgan fingerprint density at radius 1 is 1.14 bits per heavy atom. The molecule has 112 valence electrons. The molecule has 0 aliphatic heterocycles. The average molecular weight is 328 g/mol. The van der Waals surface area contributed by atoms with E-state index in [1.807, 2.05) is 19.9 Å². The van der Waals surface area contributed by atoms with Crippen LogP contribution in [0.5, 0.6) is 0 Å². The molecule has 2 aromatic carbocycles. The second-order valence-electron chi connectivity index (χ2n) is 4.93. The third kappa shape index (κ3) is 4.43. The van der Waals surface area contributed by atoms with E-state index in [1.54, 1.807) is 12.1 Å². The molecule has 0 saturated heterocycles. The van der Waals surface area contributed by atoms with E-state index in [1.165, 1.54) is 17.8 Å². The largest absolute Gasteiger partial charge is 0.310 e. The summed E-state index contributed by atoms with van der Waals surface area (Å²) < 4.78 is 27.0. The van der Waals surface area contributed by atoms with Gasteiger partial charge in [0.05, 0.1) is 4.90 Å². The quantitative estimate of drug-likeness (QED) is 0.803. The van der Waals surface area contributed by atoms with Gasteiger partial charge in [-0.05, 0) is 35.9 Å². The fourth-order valence-corrected chi connectivity index (χ4v) is 3.11. The molecule has 1 nitrogen and oxygen atoms in total. The zero-order valence-electron chi connectivity index (χ0n) is 11.8. The minimum absolute atomic E-state index is 0.253. The van der Waals surface area contributed by atoms with Crippen molar-refractivity contribution < 1.29 is 8.78 Å². The molecular weight excluding hydrogens is 312 g/mol. The molecule has 0 heterocycles. The lowest BCUT2D eigenvalue weighted by molar-refractivity contribution is 0.576. The van der Waals surface area contributed by atoms with Crippen molar-refractivity contribution in [2.45, 2.75) is 36.2 Å². The third-order valence-corrected chi connectivity index (χ3v) is 4.37. The van der Waals surface area contributed by atoms with E-state index in [4.69, 9.17) is 11.6 Å². The van der Waals surface area contributed by atoms with Crippen molar-refractivity contribution in [2.75, 3.05) is 0 Å². The van der Waals surface area contributed by atoms with Crippen molar-refractivity contribution >= 4 is 23.4 Å². The number of halogens is 3. The van der Waals surface area contributed by atoms with Crippen LogP contribution in [0.1, 0.15) is 19.4 Å². The molecule has 0 spiro atoms. The van der Waals surface area contributed by atoms with Crippen LogP contribution in [0.2, 0.25) is 5.02 Å². The van der Waals surface area contributed by atoms with Crippen LogP contribution in [0.3, 0.4) is 0 Å². The molecule has 0 aliphatic carbocycles. The van der Waals surface area contributed by atoms with E-state index in [0.29, 0.717) is 17.6 Å². The minimum atomic E-state index is -0.456. The van der Waals surface area contributed by atoms with Gasteiger partial charge in [-0.3, -0.25) is 0 Å². The van der Waals surface area contributed by atoms with Crippen LogP contribution < -0.4 is 5.32 Å². The molecule has 0 unspecified atom stereocenters. The highest BCUT2D eigenvalue weighted by Gasteiger charge is 2.12. The summed E-state index contributed by atoms with van der Waals surface area (Å²) in [5.74, 6) is -0.896. The number of rotatable bonds is 5. The highest BCUT2D eigenvalue weighted by molar-refractivity contribution is 7.99. The lowest BCUT2D eigenvalue weighted by Gasteiger charge is -2.14. The molecule has 0 amide bonds. The summed E-state index contributed by atoms with van der Waals surface area (Å²) in [5.41, 5.74) is 0.890. The van der Waals surface area contributed by atoms with E-state index >= 15 is 0 Å². The van der Waals surface area contributed by atoms with E-state index in [2.05, 4.69) is 5.32 Å². The van der Waals surface area contributed by atoms with E-state index in [0.717, 1.165) is 22.6 Å². The molecule has 0 aliphatic rings. The molecule has 5 heteroatoms. The van der Waals surface area contributed by atoms with Crippen molar-refractivity contribution in [3.63, 3.8) is 0 Å². The van der Waals surface area contributed by atoms with Gasteiger partial charge < -0.3 is 5.32 Å².